The fraction of sp³-hybridized carbons (Fsp3) is 0.0833. The fourth-order valence-corrected chi connectivity index (χ4v) is 2.69. The summed E-state index contributed by atoms with van der Waals surface area (Å²) in [5.41, 5.74) is 0.772. The molecule has 2 heterocycles. The molecule has 80 valence electrons. The van der Waals surface area contributed by atoms with Gasteiger partial charge in [-0.2, -0.15) is 0 Å². The highest BCUT2D eigenvalue weighted by Crippen LogP contribution is 2.32. The average molecular weight is 250 g/mol. The molecule has 0 spiro atoms. The molecule has 0 saturated carbocycles. The Bertz CT molecular complexity index is 596. The minimum absolute atomic E-state index is 0.383. The second kappa shape index (κ2) is 3.92. The van der Waals surface area contributed by atoms with Gasteiger partial charge in [-0.15, -0.1) is 22.9 Å². The number of oxazole rings is 1. The molecule has 0 atom stereocenters. The van der Waals surface area contributed by atoms with Gasteiger partial charge in [0, 0.05) is 4.70 Å². The fourth-order valence-electron chi connectivity index (χ4n) is 1.57. The van der Waals surface area contributed by atoms with Gasteiger partial charge in [0.05, 0.1) is 16.5 Å². The van der Waals surface area contributed by atoms with Gasteiger partial charge in [-0.1, -0.05) is 18.2 Å². The van der Waals surface area contributed by atoms with Crippen LogP contribution in [-0.4, -0.2) is 4.98 Å². The van der Waals surface area contributed by atoms with Crippen LogP contribution in [0.5, 0.6) is 0 Å². The molecule has 3 rings (SSSR count). The third-order valence-corrected chi connectivity index (χ3v) is 3.70. The zero-order chi connectivity index (χ0) is 11.0. The van der Waals surface area contributed by atoms with Crippen molar-refractivity contribution in [3.8, 4) is 10.8 Å². The van der Waals surface area contributed by atoms with E-state index in [-0.39, 0.29) is 0 Å². The van der Waals surface area contributed by atoms with Gasteiger partial charge >= 0.3 is 0 Å². The number of thiophene rings is 1. The van der Waals surface area contributed by atoms with Gasteiger partial charge in [-0.05, 0) is 17.5 Å². The molecular weight excluding hydrogens is 242 g/mol. The predicted molar refractivity (Wildman–Crippen MR) is 66.9 cm³/mol. The quantitative estimate of drug-likeness (QED) is 0.633. The van der Waals surface area contributed by atoms with E-state index in [1.807, 2.05) is 12.1 Å². The predicted octanol–water partition coefficient (Wildman–Crippen LogP) is 4.30. The molecule has 0 aliphatic rings. The summed E-state index contributed by atoms with van der Waals surface area (Å²) >= 11 is 7.36. The number of rotatable bonds is 2. The second-order valence-electron chi connectivity index (χ2n) is 3.43. The topological polar surface area (TPSA) is 26.0 Å². The van der Waals surface area contributed by atoms with Crippen LogP contribution in [0.4, 0.5) is 0 Å². The molecule has 0 radical (unpaired) electrons. The normalized spacial score (nSPS) is 11.1. The Morgan fingerprint density at radius 2 is 2.19 bits per heavy atom. The van der Waals surface area contributed by atoms with Gasteiger partial charge in [0.15, 0.2) is 0 Å². The Balaban J connectivity index is 2.11. The highest BCUT2D eigenvalue weighted by atomic mass is 35.5. The molecule has 0 aliphatic heterocycles. The van der Waals surface area contributed by atoms with Crippen LogP contribution in [0.25, 0.3) is 20.9 Å². The first kappa shape index (κ1) is 9.87. The summed E-state index contributed by atoms with van der Waals surface area (Å²) in [6, 6.07) is 10.3. The van der Waals surface area contributed by atoms with Crippen molar-refractivity contribution in [2.75, 3.05) is 0 Å². The molecule has 0 N–H and O–H groups in total. The number of halogens is 1. The van der Waals surface area contributed by atoms with Crippen LogP contribution in [0.2, 0.25) is 0 Å². The summed E-state index contributed by atoms with van der Waals surface area (Å²) in [5, 5.41) is 1.22. The number of alkyl halides is 1. The van der Waals surface area contributed by atoms with E-state index in [0.29, 0.717) is 11.8 Å². The first-order chi connectivity index (χ1) is 7.86. The van der Waals surface area contributed by atoms with Crippen molar-refractivity contribution in [1.29, 1.82) is 0 Å². The molecule has 0 saturated heterocycles. The van der Waals surface area contributed by atoms with Crippen LogP contribution in [0, 0.1) is 0 Å². The molecule has 1 aromatic carbocycles. The van der Waals surface area contributed by atoms with E-state index < -0.39 is 0 Å². The van der Waals surface area contributed by atoms with Crippen molar-refractivity contribution >= 4 is 33.0 Å². The van der Waals surface area contributed by atoms with Crippen LogP contribution < -0.4 is 0 Å². The number of hydrogen-bond acceptors (Lipinski definition) is 3. The maximum Gasteiger partial charge on any atom is 0.236 e. The largest absolute Gasteiger partial charge is 0.444 e. The molecule has 0 amide bonds. The molecule has 2 nitrogen and oxygen atoms in total. The summed E-state index contributed by atoms with van der Waals surface area (Å²) in [6.07, 6.45) is 1.60. The summed E-state index contributed by atoms with van der Waals surface area (Å²) in [5.74, 6) is 1.03. The second-order valence-corrected chi connectivity index (χ2v) is 4.78. The molecule has 0 fully saturated rings. The third-order valence-electron chi connectivity index (χ3n) is 2.32. The summed E-state index contributed by atoms with van der Waals surface area (Å²) in [6.45, 7) is 0. The van der Waals surface area contributed by atoms with E-state index in [9.17, 15) is 0 Å². The number of fused-ring (bicyclic) bond motifs is 1. The first-order valence-electron chi connectivity index (χ1n) is 4.86. The standard InChI is InChI=1S/C12H8ClNOS/c13-6-9-7-15-12(14-9)11-5-8-3-1-2-4-10(8)16-11/h1-5,7H,6H2. The van der Waals surface area contributed by atoms with Gasteiger partial charge in [-0.25, -0.2) is 4.98 Å². The lowest BCUT2D eigenvalue weighted by molar-refractivity contribution is 0.575. The van der Waals surface area contributed by atoms with E-state index in [2.05, 4.69) is 23.2 Å². The Morgan fingerprint density at radius 3 is 2.94 bits per heavy atom. The van der Waals surface area contributed by atoms with E-state index in [4.69, 9.17) is 16.0 Å². The Morgan fingerprint density at radius 1 is 1.31 bits per heavy atom. The number of benzene rings is 1. The number of nitrogens with zero attached hydrogens (tertiary/aromatic N) is 1. The molecule has 16 heavy (non-hydrogen) atoms. The van der Waals surface area contributed by atoms with Crippen LogP contribution in [0.15, 0.2) is 41.0 Å². The molecule has 0 unspecified atom stereocenters. The smallest absolute Gasteiger partial charge is 0.236 e. The zero-order valence-corrected chi connectivity index (χ0v) is 9.89. The summed E-state index contributed by atoms with van der Waals surface area (Å²) < 4.78 is 6.62. The minimum Gasteiger partial charge on any atom is -0.444 e. The Hall–Kier alpha value is -1.32. The molecule has 0 bridgehead atoms. The zero-order valence-electron chi connectivity index (χ0n) is 8.31. The molecule has 0 aliphatic carbocycles. The maximum atomic E-state index is 5.69. The molecule has 3 aromatic rings. The van der Waals surface area contributed by atoms with E-state index in [0.717, 1.165) is 10.6 Å². The lowest BCUT2D eigenvalue weighted by Gasteiger charge is -1.84. The van der Waals surface area contributed by atoms with Crippen molar-refractivity contribution in [1.82, 2.24) is 4.98 Å². The van der Waals surface area contributed by atoms with Crippen LogP contribution in [0.1, 0.15) is 5.69 Å². The van der Waals surface area contributed by atoms with Crippen LogP contribution in [-0.2, 0) is 5.88 Å². The Kier molecular flexibility index (Phi) is 2.42. The van der Waals surface area contributed by atoms with E-state index in [1.165, 1.54) is 10.1 Å². The van der Waals surface area contributed by atoms with Gasteiger partial charge in [0.2, 0.25) is 5.89 Å². The number of hydrogen-bond donors (Lipinski definition) is 0. The van der Waals surface area contributed by atoms with Gasteiger partial charge in [-0.3, -0.25) is 0 Å². The van der Waals surface area contributed by atoms with Crippen molar-refractivity contribution in [2.45, 2.75) is 5.88 Å². The third kappa shape index (κ3) is 1.62. The SMILES string of the molecule is ClCc1coc(-c2cc3ccccc3s2)n1. The van der Waals surface area contributed by atoms with Gasteiger partial charge < -0.3 is 4.42 Å². The average Bonchev–Trinajstić information content (AvgIpc) is 2.95. The van der Waals surface area contributed by atoms with Crippen LogP contribution >= 0.6 is 22.9 Å². The number of aromatic nitrogens is 1. The van der Waals surface area contributed by atoms with Gasteiger partial charge in [0.25, 0.3) is 0 Å². The van der Waals surface area contributed by atoms with Gasteiger partial charge in [0.1, 0.15) is 6.26 Å². The van der Waals surface area contributed by atoms with Crippen LogP contribution in [0.3, 0.4) is 0 Å². The van der Waals surface area contributed by atoms with Crippen molar-refractivity contribution in [3.63, 3.8) is 0 Å². The first-order valence-corrected chi connectivity index (χ1v) is 6.21. The van der Waals surface area contributed by atoms with Crippen molar-refractivity contribution in [2.24, 2.45) is 0 Å². The monoisotopic (exact) mass is 249 g/mol. The lowest BCUT2D eigenvalue weighted by Crippen LogP contribution is -1.75. The van der Waals surface area contributed by atoms with E-state index in [1.54, 1.807) is 17.6 Å². The van der Waals surface area contributed by atoms with Crippen molar-refractivity contribution in [3.05, 3.63) is 42.3 Å². The Labute approximate surface area is 101 Å². The molecule has 2 aromatic heterocycles. The summed E-state index contributed by atoms with van der Waals surface area (Å²) in [4.78, 5) is 5.35. The lowest BCUT2D eigenvalue weighted by atomic mass is 10.2. The molecular formula is C12H8ClNOS. The molecule has 4 heteroatoms. The van der Waals surface area contributed by atoms with E-state index >= 15 is 0 Å². The maximum absolute atomic E-state index is 5.69. The van der Waals surface area contributed by atoms with Crippen molar-refractivity contribution < 1.29 is 4.42 Å². The summed E-state index contributed by atoms with van der Waals surface area (Å²) in [7, 11) is 0. The highest BCUT2D eigenvalue weighted by Gasteiger charge is 2.09. The highest BCUT2D eigenvalue weighted by molar-refractivity contribution is 7.22. The minimum atomic E-state index is 0.383.